The van der Waals surface area contributed by atoms with Gasteiger partial charge in [0.1, 0.15) is 0 Å². The second kappa shape index (κ2) is 5.54. The van der Waals surface area contributed by atoms with E-state index in [0.29, 0.717) is 11.3 Å². The van der Waals surface area contributed by atoms with Gasteiger partial charge in [0.2, 0.25) is 0 Å². The largest absolute Gasteiger partial charge is 0.397 e. The van der Waals surface area contributed by atoms with Crippen molar-refractivity contribution in [3.05, 3.63) is 58.9 Å². The molecule has 1 aromatic rings. The Kier molecular flexibility index (Phi) is 3.82. The minimum absolute atomic E-state index is 0.109. The average Bonchev–Trinajstić information content (AvgIpc) is 2.41. The highest BCUT2D eigenvalue weighted by molar-refractivity contribution is 5.95. The van der Waals surface area contributed by atoms with E-state index >= 15 is 0 Å². The van der Waals surface area contributed by atoms with Crippen molar-refractivity contribution in [3.8, 4) is 0 Å². The van der Waals surface area contributed by atoms with Crippen molar-refractivity contribution in [1.82, 2.24) is 5.32 Å². The summed E-state index contributed by atoms with van der Waals surface area (Å²) >= 11 is 0. The number of amides is 1. The van der Waals surface area contributed by atoms with Gasteiger partial charge in [0, 0.05) is 5.56 Å². The normalized spacial score (nSPS) is 14.7. The molecular weight excluding hydrogens is 224 g/mol. The lowest BCUT2D eigenvalue weighted by atomic mass is 10.1. The third-order valence-corrected chi connectivity index (χ3v) is 3.06. The van der Waals surface area contributed by atoms with Crippen molar-refractivity contribution in [2.45, 2.75) is 26.2 Å². The van der Waals surface area contributed by atoms with Gasteiger partial charge in [-0.05, 0) is 37.0 Å². The molecule has 1 amide bonds. The predicted octanol–water partition coefficient (Wildman–Crippen LogP) is 2.50. The molecule has 0 heterocycles. The number of benzene rings is 1. The second-order valence-corrected chi connectivity index (χ2v) is 4.36. The first-order chi connectivity index (χ1) is 8.70. The second-order valence-electron chi connectivity index (χ2n) is 4.36. The molecule has 0 aliphatic heterocycles. The van der Waals surface area contributed by atoms with E-state index < -0.39 is 0 Å². The molecule has 0 atom stereocenters. The van der Waals surface area contributed by atoms with Gasteiger partial charge >= 0.3 is 0 Å². The number of aryl methyl sites for hydroxylation is 1. The average molecular weight is 242 g/mol. The van der Waals surface area contributed by atoms with E-state index in [-0.39, 0.29) is 5.91 Å². The Bertz CT molecular complexity index is 498. The number of carbonyl (C=O) groups excluding carboxylic acids is 1. The molecule has 0 saturated carbocycles. The number of hydrogen-bond acceptors (Lipinski definition) is 2. The molecule has 18 heavy (non-hydrogen) atoms. The smallest absolute Gasteiger partial charge is 0.255 e. The number of nitrogens with one attached hydrogen (secondary N) is 1. The lowest BCUT2D eigenvalue weighted by molar-refractivity contribution is 0.0966. The molecule has 1 aliphatic rings. The van der Waals surface area contributed by atoms with Crippen LogP contribution in [0.15, 0.2) is 47.8 Å². The number of carbonyl (C=O) groups is 1. The monoisotopic (exact) mass is 242 g/mol. The summed E-state index contributed by atoms with van der Waals surface area (Å²) in [7, 11) is 0. The van der Waals surface area contributed by atoms with Crippen LogP contribution in [0.3, 0.4) is 0 Å². The lowest BCUT2D eigenvalue weighted by Gasteiger charge is -2.13. The molecule has 3 nitrogen and oxygen atoms in total. The Morgan fingerprint density at radius 2 is 1.89 bits per heavy atom. The molecule has 1 aromatic carbocycles. The standard InChI is InChI=1S/C15H18N2O/c1-2-11-7-9-12(10-8-11)15(18)17-14-6-4-3-5-13(14)16/h5-10H,2-4,16H2,1H3,(H,17,18). The molecule has 1 aliphatic carbocycles. The summed E-state index contributed by atoms with van der Waals surface area (Å²) in [6.07, 6.45) is 6.74. The zero-order valence-corrected chi connectivity index (χ0v) is 10.6. The summed E-state index contributed by atoms with van der Waals surface area (Å²) in [5.74, 6) is -0.109. The molecule has 0 spiro atoms. The van der Waals surface area contributed by atoms with E-state index in [1.165, 1.54) is 5.56 Å². The van der Waals surface area contributed by atoms with Crippen LogP contribution in [0.5, 0.6) is 0 Å². The Balaban J connectivity index is 2.07. The van der Waals surface area contributed by atoms with Gasteiger partial charge in [0.05, 0.1) is 11.4 Å². The zero-order chi connectivity index (χ0) is 13.0. The van der Waals surface area contributed by atoms with Crippen molar-refractivity contribution in [2.75, 3.05) is 0 Å². The van der Waals surface area contributed by atoms with Gasteiger partial charge in [-0.15, -0.1) is 0 Å². The Hall–Kier alpha value is -2.03. The zero-order valence-electron chi connectivity index (χ0n) is 10.6. The van der Waals surface area contributed by atoms with Crippen LogP contribution in [0.2, 0.25) is 0 Å². The first-order valence-corrected chi connectivity index (χ1v) is 6.27. The van der Waals surface area contributed by atoms with Crippen LogP contribution in [-0.4, -0.2) is 5.91 Å². The maximum absolute atomic E-state index is 12.0. The van der Waals surface area contributed by atoms with Gasteiger partial charge < -0.3 is 11.1 Å². The predicted molar refractivity (Wildman–Crippen MR) is 72.9 cm³/mol. The van der Waals surface area contributed by atoms with Crippen LogP contribution >= 0.6 is 0 Å². The third kappa shape index (κ3) is 2.80. The van der Waals surface area contributed by atoms with Gasteiger partial charge in [-0.25, -0.2) is 0 Å². The van der Waals surface area contributed by atoms with Crippen LogP contribution in [-0.2, 0) is 6.42 Å². The summed E-state index contributed by atoms with van der Waals surface area (Å²) in [6, 6.07) is 7.64. The summed E-state index contributed by atoms with van der Waals surface area (Å²) in [6.45, 7) is 2.09. The highest BCUT2D eigenvalue weighted by Crippen LogP contribution is 2.13. The number of hydrogen-bond donors (Lipinski definition) is 2. The third-order valence-electron chi connectivity index (χ3n) is 3.06. The first kappa shape index (κ1) is 12.4. The topological polar surface area (TPSA) is 55.1 Å². The van der Waals surface area contributed by atoms with Crippen molar-refractivity contribution in [2.24, 2.45) is 5.73 Å². The molecule has 3 N–H and O–H groups in total. The maximum atomic E-state index is 12.0. The van der Waals surface area contributed by atoms with Gasteiger partial charge in [-0.3, -0.25) is 4.79 Å². The van der Waals surface area contributed by atoms with Crippen molar-refractivity contribution < 1.29 is 4.79 Å². The minimum atomic E-state index is -0.109. The Morgan fingerprint density at radius 1 is 1.22 bits per heavy atom. The molecular formula is C15H18N2O. The van der Waals surface area contributed by atoms with Crippen molar-refractivity contribution in [3.63, 3.8) is 0 Å². The fourth-order valence-corrected chi connectivity index (χ4v) is 1.90. The molecule has 2 rings (SSSR count). The molecule has 0 bridgehead atoms. The summed E-state index contributed by atoms with van der Waals surface area (Å²) in [5, 5.41) is 2.85. The van der Waals surface area contributed by atoms with E-state index in [1.807, 2.05) is 36.4 Å². The van der Waals surface area contributed by atoms with Gasteiger partial charge in [-0.1, -0.05) is 31.2 Å². The number of nitrogens with two attached hydrogens (primary N) is 1. The molecule has 0 saturated heterocycles. The fraction of sp³-hybridized carbons (Fsp3) is 0.267. The van der Waals surface area contributed by atoms with Crippen molar-refractivity contribution in [1.29, 1.82) is 0 Å². The van der Waals surface area contributed by atoms with E-state index in [0.717, 1.165) is 25.0 Å². The van der Waals surface area contributed by atoms with Crippen LogP contribution < -0.4 is 11.1 Å². The maximum Gasteiger partial charge on any atom is 0.255 e. The van der Waals surface area contributed by atoms with Crippen LogP contribution in [0.4, 0.5) is 0 Å². The Morgan fingerprint density at radius 3 is 2.50 bits per heavy atom. The summed E-state index contributed by atoms with van der Waals surface area (Å²) in [5.41, 5.74) is 9.09. The summed E-state index contributed by atoms with van der Waals surface area (Å²) in [4.78, 5) is 12.0. The van der Waals surface area contributed by atoms with Crippen LogP contribution in [0.25, 0.3) is 0 Å². The SMILES string of the molecule is CCc1ccc(C(=O)NC2=CCCC=C2N)cc1. The highest BCUT2D eigenvalue weighted by Gasteiger charge is 2.11. The lowest BCUT2D eigenvalue weighted by Crippen LogP contribution is -2.26. The van der Waals surface area contributed by atoms with E-state index in [4.69, 9.17) is 5.73 Å². The molecule has 0 aromatic heterocycles. The molecule has 0 unspecified atom stereocenters. The van der Waals surface area contributed by atoms with Crippen LogP contribution in [0.1, 0.15) is 35.7 Å². The highest BCUT2D eigenvalue weighted by atomic mass is 16.1. The fourth-order valence-electron chi connectivity index (χ4n) is 1.90. The first-order valence-electron chi connectivity index (χ1n) is 6.27. The van der Waals surface area contributed by atoms with Gasteiger partial charge in [-0.2, -0.15) is 0 Å². The molecule has 0 fully saturated rings. The van der Waals surface area contributed by atoms with Gasteiger partial charge in [0.15, 0.2) is 0 Å². The molecule has 3 heteroatoms. The number of allylic oxidation sites excluding steroid dienone is 2. The van der Waals surface area contributed by atoms with Crippen molar-refractivity contribution >= 4 is 5.91 Å². The van der Waals surface area contributed by atoms with Crippen LogP contribution in [0, 0.1) is 0 Å². The quantitative estimate of drug-likeness (QED) is 0.855. The van der Waals surface area contributed by atoms with E-state index in [9.17, 15) is 4.79 Å². The van der Waals surface area contributed by atoms with E-state index in [1.54, 1.807) is 0 Å². The molecule has 94 valence electrons. The number of rotatable bonds is 3. The van der Waals surface area contributed by atoms with E-state index in [2.05, 4.69) is 12.2 Å². The van der Waals surface area contributed by atoms with Gasteiger partial charge in [0.25, 0.3) is 5.91 Å². The summed E-state index contributed by atoms with van der Waals surface area (Å²) < 4.78 is 0. The Labute approximate surface area is 107 Å². The molecule has 0 radical (unpaired) electrons. The minimum Gasteiger partial charge on any atom is -0.397 e.